The average molecular weight is 236 g/mol. The van der Waals surface area contributed by atoms with Crippen molar-refractivity contribution in [3.63, 3.8) is 0 Å². The van der Waals surface area contributed by atoms with Gasteiger partial charge in [-0.2, -0.15) is 0 Å². The van der Waals surface area contributed by atoms with Gasteiger partial charge in [-0.3, -0.25) is 0 Å². The van der Waals surface area contributed by atoms with Crippen LogP contribution in [0.2, 0.25) is 0 Å². The van der Waals surface area contributed by atoms with Gasteiger partial charge in [-0.05, 0) is 0 Å². The third-order valence-electron chi connectivity index (χ3n) is 2.07. The molecule has 1 radical (unpaired) electrons. The zero-order valence-corrected chi connectivity index (χ0v) is 8.66. The van der Waals surface area contributed by atoms with Gasteiger partial charge in [-0.25, -0.2) is 0 Å². The standard InChI is InChI=1S/C10H9N2Se/c11-8-5-6-3-1-2-4-7(6)10(13)9(8)12/h1-5H,11-12H2. The predicted octanol–water partition coefficient (Wildman–Crippen LogP) is 0.798. The van der Waals surface area contributed by atoms with Crippen LogP contribution in [0, 0.1) is 0 Å². The van der Waals surface area contributed by atoms with Crippen LogP contribution in [0.4, 0.5) is 11.4 Å². The summed E-state index contributed by atoms with van der Waals surface area (Å²) >= 11 is 2.95. The summed E-state index contributed by atoms with van der Waals surface area (Å²) in [6, 6.07) is 9.91. The van der Waals surface area contributed by atoms with E-state index in [9.17, 15) is 0 Å². The van der Waals surface area contributed by atoms with Gasteiger partial charge in [-0.1, -0.05) is 0 Å². The molecule has 2 aromatic carbocycles. The number of hydrogen-bond acceptors (Lipinski definition) is 2. The number of nitrogens with two attached hydrogens (primary N) is 2. The Hall–Kier alpha value is -1.18. The van der Waals surface area contributed by atoms with Crippen molar-refractivity contribution < 1.29 is 0 Å². The van der Waals surface area contributed by atoms with Crippen molar-refractivity contribution in [2.75, 3.05) is 11.5 Å². The fraction of sp³-hybridized carbons (Fsp3) is 0. The van der Waals surface area contributed by atoms with E-state index in [1.54, 1.807) is 0 Å². The monoisotopic (exact) mass is 237 g/mol. The van der Waals surface area contributed by atoms with Crippen LogP contribution in [0.5, 0.6) is 0 Å². The molecule has 0 aliphatic carbocycles. The number of rotatable bonds is 0. The first-order valence-electron chi connectivity index (χ1n) is 3.94. The zero-order chi connectivity index (χ0) is 9.42. The molecule has 0 fully saturated rings. The van der Waals surface area contributed by atoms with Crippen molar-refractivity contribution in [3.05, 3.63) is 30.3 Å². The Balaban J connectivity index is 2.94. The van der Waals surface area contributed by atoms with E-state index < -0.39 is 0 Å². The van der Waals surface area contributed by atoms with E-state index in [1.165, 1.54) is 0 Å². The summed E-state index contributed by atoms with van der Waals surface area (Å²) in [5, 5.41) is 2.23. The quantitative estimate of drug-likeness (QED) is 0.525. The van der Waals surface area contributed by atoms with Crippen LogP contribution in [0.15, 0.2) is 30.3 Å². The Labute approximate surface area is 84.7 Å². The Morgan fingerprint density at radius 2 is 1.77 bits per heavy atom. The molecule has 4 N–H and O–H groups in total. The number of nitrogen functional groups attached to an aromatic ring is 2. The van der Waals surface area contributed by atoms with Gasteiger partial charge >= 0.3 is 84.4 Å². The zero-order valence-electron chi connectivity index (χ0n) is 6.95. The molecule has 0 bridgehead atoms. The third kappa shape index (κ3) is 1.26. The molecule has 0 aliphatic heterocycles. The summed E-state index contributed by atoms with van der Waals surface area (Å²) in [5.41, 5.74) is 12.8. The van der Waals surface area contributed by atoms with Gasteiger partial charge in [0.2, 0.25) is 0 Å². The minimum atomic E-state index is 0.632. The molecule has 0 spiro atoms. The molecule has 2 rings (SSSR count). The average Bonchev–Trinajstić information content (AvgIpc) is 2.15. The number of anilines is 2. The number of hydrogen-bond donors (Lipinski definition) is 2. The molecule has 3 heteroatoms. The molecule has 0 aliphatic rings. The van der Waals surface area contributed by atoms with Gasteiger partial charge in [0.1, 0.15) is 0 Å². The second-order valence-corrected chi connectivity index (χ2v) is 3.79. The van der Waals surface area contributed by atoms with Crippen molar-refractivity contribution >= 4 is 42.6 Å². The van der Waals surface area contributed by atoms with Gasteiger partial charge in [0.05, 0.1) is 0 Å². The summed E-state index contributed by atoms with van der Waals surface area (Å²) < 4.78 is 0.940. The topological polar surface area (TPSA) is 52.0 Å². The van der Waals surface area contributed by atoms with Crippen LogP contribution in [0.25, 0.3) is 10.8 Å². The molecule has 0 aromatic heterocycles. The predicted molar refractivity (Wildman–Crippen MR) is 58.2 cm³/mol. The van der Waals surface area contributed by atoms with Gasteiger partial charge < -0.3 is 0 Å². The molecule has 0 heterocycles. The summed E-state index contributed by atoms with van der Waals surface area (Å²) in [6.45, 7) is 0. The van der Waals surface area contributed by atoms with Crippen molar-refractivity contribution in [3.8, 4) is 0 Å². The molecule has 2 aromatic rings. The van der Waals surface area contributed by atoms with E-state index in [0.717, 1.165) is 15.2 Å². The summed E-state index contributed by atoms with van der Waals surface area (Å²) in [4.78, 5) is 0. The summed E-state index contributed by atoms with van der Waals surface area (Å²) in [7, 11) is 0. The van der Waals surface area contributed by atoms with E-state index in [4.69, 9.17) is 11.5 Å². The maximum absolute atomic E-state index is 5.79. The maximum atomic E-state index is 5.79. The molecular weight excluding hydrogens is 227 g/mol. The minimum absolute atomic E-state index is 0.632. The van der Waals surface area contributed by atoms with Crippen molar-refractivity contribution in [1.82, 2.24) is 0 Å². The van der Waals surface area contributed by atoms with Crippen LogP contribution >= 0.6 is 0 Å². The van der Waals surface area contributed by atoms with Crippen LogP contribution in [0.3, 0.4) is 0 Å². The van der Waals surface area contributed by atoms with Crippen LogP contribution in [0.1, 0.15) is 0 Å². The van der Waals surface area contributed by atoms with Crippen molar-refractivity contribution in [2.45, 2.75) is 0 Å². The van der Waals surface area contributed by atoms with E-state index >= 15 is 0 Å². The van der Waals surface area contributed by atoms with E-state index in [-0.39, 0.29) is 0 Å². The van der Waals surface area contributed by atoms with Gasteiger partial charge in [0, 0.05) is 0 Å². The second-order valence-electron chi connectivity index (χ2n) is 2.93. The van der Waals surface area contributed by atoms with Gasteiger partial charge in [0.15, 0.2) is 0 Å². The second kappa shape index (κ2) is 2.95. The Morgan fingerprint density at radius 1 is 1.08 bits per heavy atom. The number of benzene rings is 2. The van der Waals surface area contributed by atoms with Crippen LogP contribution in [-0.2, 0) is 0 Å². The molecule has 0 saturated carbocycles. The van der Waals surface area contributed by atoms with Crippen molar-refractivity contribution in [1.29, 1.82) is 0 Å². The van der Waals surface area contributed by atoms with Gasteiger partial charge in [-0.15, -0.1) is 0 Å². The Kier molecular flexibility index (Phi) is 1.91. The summed E-state index contributed by atoms with van der Waals surface area (Å²) in [5.74, 6) is 0. The molecule has 0 atom stereocenters. The molecular formula is C10H9N2Se. The fourth-order valence-corrected chi connectivity index (χ4v) is 1.99. The Bertz CT molecular complexity index is 466. The van der Waals surface area contributed by atoms with E-state index in [0.29, 0.717) is 11.4 Å². The van der Waals surface area contributed by atoms with Gasteiger partial charge in [0.25, 0.3) is 0 Å². The van der Waals surface area contributed by atoms with Crippen molar-refractivity contribution in [2.24, 2.45) is 0 Å². The van der Waals surface area contributed by atoms with E-state index in [2.05, 4.69) is 16.0 Å². The number of fused-ring (bicyclic) bond motifs is 1. The molecule has 0 saturated heterocycles. The molecule has 2 nitrogen and oxygen atoms in total. The first-order chi connectivity index (χ1) is 6.20. The first-order valence-corrected chi connectivity index (χ1v) is 4.79. The SMILES string of the molecule is Nc1cc2ccccc2c([Se])c1N. The van der Waals surface area contributed by atoms with Crippen LogP contribution < -0.4 is 15.9 Å². The molecule has 65 valence electrons. The van der Waals surface area contributed by atoms with Crippen LogP contribution in [-0.4, -0.2) is 16.0 Å². The fourth-order valence-electron chi connectivity index (χ4n) is 1.35. The summed E-state index contributed by atoms with van der Waals surface area (Å²) in [6.07, 6.45) is 0. The molecule has 0 unspecified atom stereocenters. The normalized spacial score (nSPS) is 10.5. The Morgan fingerprint density at radius 3 is 2.54 bits per heavy atom. The molecule has 0 amide bonds. The first kappa shape index (κ1) is 8.42. The van der Waals surface area contributed by atoms with E-state index in [1.807, 2.05) is 30.3 Å². The molecule has 13 heavy (non-hydrogen) atoms. The third-order valence-corrected chi connectivity index (χ3v) is 2.99.